The summed E-state index contributed by atoms with van der Waals surface area (Å²) in [6.07, 6.45) is 0.308. The van der Waals surface area contributed by atoms with Crippen molar-refractivity contribution in [3.8, 4) is 0 Å². The summed E-state index contributed by atoms with van der Waals surface area (Å²) in [5, 5.41) is 2.70. The summed E-state index contributed by atoms with van der Waals surface area (Å²) in [5.74, 6) is -0.818. The van der Waals surface area contributed by atoms with Gasteiger partial charge >= 0.3 is 5.97 Å². The van der Waals surface area contributed by atoms with Crippen molar-refractivity contribution >= 4 is 17.8 Å². The molecule has 0 saturated carbocycles. The summed E-state index contributed by atoms with van der Waals surface area (Å²) in [7, 11) is 0. The van der Waals surface area contributed by atoms with Gasteiger partial charge in [0.2, 0.25) is 5.91 Å². The summed E-state index contributed by atoms with van der Waals surface area (Å²) >= 11 is 0. The van der Waals surface area contributed by atoms with Crippen LogP contribution in [0.4, 0.5) is 0 Å². The third kappa shape index (κ3) is 7.81. The topological polar surface area (TPSA) is 79.0 Å². The van der Waals surface area contributed by atoms with Gasteiger partial charge in [-0.3, -0.25) is 19.3 Å². The number of benzene rings is 2. The molecule has 7 heteroatoms. The number of nitrogens with zero attached hydrogens (tertiary/aromatic N) is 2. The minimum atomic E-state index is -0.489. The molecule has 0 unspecified atom stereocenters. The number of piperazine rings is 1. The van der Waals surface area contributed by atoms with Crippen molar-refractivity contribution in [1.82, 2.24) is 15.1 Å². The van der Waals surface area contributed by atoms with E-state index in [1.54, 1.807) is 4.90 Å². The third-order valence-electron chi connectivity index (χ3n) is 5.43. The zero-order valence-corrected chi connectivity index (χ0v) is 18.6. The van der Waals surface area contributed by atoms with E-state index in [2.05, 4.69) is 41.4 Å². The molecule has 2 amide bonds. The molecule has 7 nitrogen and oxygen atoms in total. The SMILES string of the molecule is Cc1cccc(CN2CCN(C(=O)COC(=O)CCNC(=O)Cc3ccccc3)CC2)c1. The van der Waals surface area contributed by atoms with Crippen LogP contribution in [-0.4, -0.2) is 66.9 Å². The molecule has 0 spiro atoms. The Morgan fingerprint density at radius 1 is 0.938 bits per heavy atom. The molecule has 1 fully saturated rings. The summed E-state index contributed by atoms with van der Waals surface area (Å²) in [5.41, 5.74) is 3.43. The number of hydrogen-bond donors (Lipinski definition) is 1. The van der Waals surface area contributed by atoms with Crippen LogP contribution in [0.15, 0.2) is 54.6 Å². The zero-order chi connectivity index (χ0) is 22.8. The van der Waals surface area contributed by atoms with Crippen LogP contribution in [-0.2, 0) is 32.1 Å². The zero-order valence-electron chi connectivity index (χ0n) is 18.6. The molecule has 0 bridgehead atoms. The van der Waals surface area contributed by atoms with E-state index in [0.717, 1.165) is 25.2 Å². The fourth-order valence-electron chi connectivity index (χ4n) is 3.68. The van der Waals surface area contributed by atoms with E-state index < -0.39 is 5.97 Å². The maximum Gasteiger partial charge on any atom is 0.308 e. The highest BCUT2D eigenvalue weighted by Crippen LogP contribution is 2.10. The maximum absolute atomic E-state index is 12.4. The van der Waals surface area contributed by atoms with Gasteiger partial charge in [0.1, 0.15) is 0 Å². The Morgan fingerprint density at radius 2 is 1.66 bits per heavy atom. The number of esters is 1. The van der Waals surface area contributed by atoms with Gasteiger partial charge in [-0.2, -0.15) is 0 Å². The van der Waals surface area contributed by atoms with E-state index in [0.29, 0.717) is 13.1 Å². The number of carbonyl (C=O) groups is 3. The van der Waals surface area contributed by atoms with Crippen LogP contribution in [0.5, 0.6) is 0 Å². The van der Waals surface area contributed by atoms with Crippen molar-refractivity contribution in [3.63, 3.8) is 0 Å². The average molecular weight is 438 g/mol. The van der Waals surface area contributed by atoms with Crippen LogP contribution in [0.25, 0.3) is 0 Å². The molecule has 1 aliphatic heterocycles. The minimum Gasteiger partial charge on any atom is -0.456 e. The number of aryl methyl sites for hydroxylation is 1. The molecule has 2 aromatic rings. The lowest BCUT2D eigenvalue weighted by Crippen LogP contribution is -2.49. The molecule has 1 aliphatic rings. The molecule has 3 rings (SSSR count). The van der Waals surface area contributed by atoms with E-state index in [4.69, 9.17) is 4.74 Å². The highest BCUT2D eigenvalue weighted by Gasteiger charge is 2.22. The van der Waals surface area contributed by atoms with Gasteiger partial charge < -0.3 is 15.0 Å². The summed E-state index contributed by atoms with van der Waals surface area (Å²) in [6, 6.07) is 17.8. The predicted octanol–water partition coefficient (Wildman–Crippen LogP) is 1.93. The molecule has 0 radical (unpaired) electrons. The highest BCUT2D eigenvalue weighted by atomic mass is 16.5. The third-order valence-corrected chi connectivity index (χ3v) is 5.43. The predicted molar refractivity (Wildman–Crippen MR) is 122 cm³/mol. The minimum absolute atomic E-state index is 0.0398. The Morgan fingerprint density at radius 3 is 2.38 bits per heavy atom. The Hall–Kier alpha value is -3.19. The van der Waals surface area contributed by atoms with E-state index >= 15 is 0 Å². The van der Waals surface area contributed by atoms with Crippen molar-refractivity contribution < 1.29 is 19.1 Å². The molecular weight excluding hydrogens is 406 g/mol. The Bertz CT molecular complexity index is 908. The molecule has 0 atom stereocenters. The van der Waals surface area contributed by atoms with Gasteiger partial charge in [0.25, 0.3) is 5.91 Å². The fourth-order valence-corrected chi connectivity index (χ4v) is 3.68. The molecule has 170 valence electrons. The second kappa shape index (κ2) is 12.0. The second-order valence-corrected chi connectivity index (χ2v) is 8.07. The average Bonchev–Trinajstić information content (AvgIpc) is 2.79. The first-order chi connectivity index (χ1) is 15.5. The van der Waals surface area contributed by atoms with Crippen molar-refractivity contribution in [1.29, 1.82) is 0 Å². The van der Waals surface area contributed by atoms with Crippen molar-refractivity contribution in [3.05, 3.63) is 71.3 Å². The second-order valence-electron chi connectivity index (χ2n) is 8.07. The van der Waals surface area contributed by atoms with Gasteiger partial charge in [-0.25, -0.2) is 0 Å². The molecular formula is C25H31N3O4. The van der Waals surface area contributed by atoms with E-state index in [1.165, 1.54) is 11.1 Å². The van der Waals surface area contributed by atoms with Crippen LogP contribution in [0.3, 0.4) is 0 Å². The van der Waals surface area contributed by atoms with Crippen LogP contribution in [0.2, 0.25) is 0 Å². The molecule has 32 heavy (non-hydrogen) atoms. The first-order valence-corrected chi connectivity index (χ1v) is 11.0. The summed E-state index contributed by atoms with van der Waals surface area (Å²) in [4.78, 5) is 40.2. The quantitative estimate of drug-likeness (QED) is 0.607. The van der Waals surface area contributed by atoms with E-state index in [9.17, 15) is 14.4 Å². The maximum atomic E-state index is 12.4. The molecule has 2 aromatic carbocycles. The molecule has 0 aliphatic carbocycles. The molecule has 1 heterocycles. The van der Waals surface area contributed by atoms with Crippen molar-refractivity contribution in [2.45, 2.75) is 26.3 Å². The Kier molecular flexibility index (Phi) is 8.80. The summed E-state index contributed by atoms with van der Waals surface area (Å²) in [6.45, 7) is 5.72. The lowest BCUT2D eigenvalue weighted by molar-refractivity contribution is -0.152. The van der Waals surface area contributed by atoms with Crippen LogP contribution < -0.4 is 5.32 Å². The first-order valence-electron chi connectivity index (χ1n) is 11.0. The number of carbonyl (C=O) groups excluding carboxylic acids is 3. The molecule has 1 N–H and O–H groups in total. The number of ether oxygens (including phenoxy) is 1. The fraction of sp³-hybridized carbons (Fsp3) is 0.400. The number of rotatable bonds is 9. The normalized spacial score (nSPS) is 14.1. The van der Waals surface area contributed by atoms with Crippen molar-refractivity contribution in [2.24, 2.45) is 0 Å². The van der Waals surface area contributed by atoms with Gasteiger partial charge in [0.15, 0.2) is 6.61 Å². The van der Waals surface area contributed by atoms with Crippen molar-refractivity contribution in [2.75, 3.05) is 39.3 Å². The van der Waals surface area contributed by atoms with Crippen LogP contribution in [0.1, 0.15) is 23.1 Å². The van der Waals surface area contributed by atoms with E-state index in [1.807, 2.05) is 30.3 Å². The Labute approximate surface area is 189 Å². The smallest absolute Gasteiger partial charge is 0.308 e. The molecule has 0 aromatic heterocycles. The van der Waals surface area contributed by atoms with Gasteiger partial charge in [-0.1, -0.05) is 60.2 Å². The highest BCUT2D eigenvalue weighted by molar-refractivity contribution is 5.81. The largest absolute Gasteiger partial charge is 0.456 e. The first kappa shape index (κ1) is 23.5. The van der Waals surface area contributed by atoms with E-state index in [-0.39, 0.29) is 37.8 Å². The number of hydrogen-bond acceptors (Lipinski definition) is 5. The van der Waals surface area contributed by atoms with Crippen LogP contribution in [0, 0.1) is 6.92 Å². The van der Waals surface area contributed by atoms with Gasteiger partial charge in [-0.15, -0.1) is 0 Å². The van der Waals surface area contributed by atoms with Gasteiger partial charge in [0.05, 0.1) is 12.8 Å². The lowest BCUT2D eigenvalue weighted by atomic mass is 10.1. The standard InChI is InChI=1S/C25H31N3O4/c1-20-6-5-9-22(16-20)18-27-12-14-28(15-13-27)24(30)19-32-25(31)10-11-26-23(29)17-21-7-3-2-4-8-21/h2-9,16H,10-15,17-19H2,1H3,(H,26,29). The monoisotopic (exact) mass is 437 g/mol. The molecule has 1 saturated heterocycles. The number of amides is 2. The Balaban J connectivity index is 1.28. The van der Waals surface area contributed by atoms with Gasteiger partial charge in [-0.05, 0) is 18.1 Å². The van der Waals surface area contributed by atoms with Crippen LogP contribution >= 0.6 is 0 Å². The lowest BCUT2D eigenvalue weighted by Gasteiger charge is -2.34. The summed E-state index contributed by atoms with van der Waals surface area (Å²) < 4.78 is 5.10. The number of nitrogens with one attached hydrogen (secondary N) is 1. The van der Waals surface area contributed by atoms with Gasteiger partial charge in [0, 0.05) is 39.3 Å².